The van der Waals surface area contributed by atoms with Crippen molar-refractivity contribution in [1.82, 2.24) is 19.6 Å². The second kappa shape index (κ2) is 9.18. The van der Waals surface area contributed by atoms with E-state index in [9.17, 15) is 22.0 Å². The van der Waals surface area contributed by atoms with Crippen LogP contribution in [-0.2, 0) is 0 Å². The van der Waals surface area contributed by atoms with Gasteiger partial charge in [-0.25, -0.2) is 8.78 Å². The number of hydrogen-bond acceptors (Lipinski definition) is 6. The first-order valence-corrected chi connectivity index (χ1v) is 9.46. The number of benzene rings is 1. The molecule has 0 fully saturated rings. The smallest absolute Gasteiger partial charge is 0.408 e. The molecule has 3 rings (SSSR count). The second-order valence-electron chi connectivity index (χ2n) is 6.55. The molecular formula is C18H17ClF5N5O2. The molecule has 0 spiro atoms. The predicted molar refractivity (Wildman–Crippen MR) is 102 cm³/mol. The van der Waals surface area contributed by atoms with E-state index in [2.05, 4.69) is 20.4 Å². The van der Waals surface area contributed by atoms with Crippen LogP contribution < -0.4 is 10.1 Å². The quantitative estimate of drug-likeness (QED) is 0.294. The van der Waals surface area contributed by atoms with Crippen molar-refractivity contribution in [3.8, 4) is 16.9 Å². The molecule has 1 aromatic carbocycles. The maximum absolute atomic E-state index is 14.9. The number of hydrogen-bond donors (Lipinski definition) is 2. The molecule has 0 amide bonds. The molecule has 0 aliphatic heterocycles. The van der Waals surface area contributed by atoms with Crippen LogP contribution in [0.2, 0.25) is 5.15 Å². The van der Waals surface area contributed by atoms with Gasteiger partial charge in [0.1, 0.15) is 40.7 Å². The molecule has 2 heterocycles. The second-order valence-corrected chi connectivity index (χ2v) is 6.90. The number of rotatable bonds is 8. The molecule has 3 aromatic rings. The highest BCUT2D eigenvalue weighted by atomic mass is 35.5. The summed E-state index contributed by atoms with van der Waals surface area (Å²) < 4.78 is 75.3. The molecule has 2 N–H and O–H groups in total. The van der Waals surface area contributed by atoms with E-state index in [4.69, 9.17) is 21.4 Å². The highest BCUT2D eigenvalue weighted by Crippen LogP contribution is 2.39. The molecule has 0 aliphatic rings. The van der Waals surface area contributed by atoms with E-state index in [0.717, 1.165) is 29.9 Å². The molecule has 31 heavy (non-hydrogen) atoms. The minimum absolute atomic E-state index is 0.0482. The third-order valence-corrected chi connectivity index (χ3v) is 4.59. The normalized spacial score (nSPS) is 12.9. The Labute approximate surface area is 177 Å². The van der Waals surface area contributed by atoms with E-state index < -0.39 is 46.0 Å². The van der Waals surface area contributed by atoms with Gasteiger partial charge < -0.3 is 15.2 Å². The molecule has 0 radical (unpaired) electrons. The van der Waals surface area contributed by atoms with E-state index >= 15 is 0 Å². The first-order valence-electron chi connectivity index (χ1n) is 9.09. The molecule has 2 aromatic heterocycles. The number of aromatic nitrogens is 4. The van der Waals surface area contributed by atoms with Crippen molar-refractivity contribution in [3.05, 3.63) is 35.2 Å². The summed E-state index contributed by atoms with van der Waals surface area (Å²) in [4.78, 5) is 7.62. The fraction of sp³-hybridized carbons (Fsp3) is 0.389. The largest absolute Gasteiger partial charge is 0.493 e. The van der Waals surface area contributed by atoms with Gasteiger partial charge in [0.2, 0.25) is 0 Å². The van der Waals surface area contributed by atoms with Crippen molar-refractivity contribution in [2.75, 3.05) is 18.5 Å². The average molecular weight is 466 g/mol. The zero-order valence-electron chi connectivity index (χ0n) is 16.0. The standard InChI is InChI=1S/C18H17ClF5N5O2/c1-9(18(22,23)24)27-16-14(15(19)28-17-25-8-26-29(16)17)13-11(20)6-10(7-12(13)21)31-5-3-2-4-30/h6-9,27,30H,2-5H2,1H3/t9-/m0/s1. The summed E-state index contributed by atoms with van der Waals surface area (Å²) in [6.07, 6.45) is -2.73. The van der Waals surface area contributed by atoms with Crippen molar-refractivity contribution < 1.29 is 31.8 Å². The Morgan fingerprint density at radius 1 is 1.19 bits per heavy atom. The lowest BCUT2D eigenvalue weighted by atomic mass is 10.1. The minimum Gasteiger partial charge on any atom is -0.493 e. The van der Waals surface area contributed by atoms with Crippen LogP contribution in [0.15, 0.2) is 18.5 Å². The molecule has 0 aliphatic carbocycles. The SMILES string of the molecule is C[C@H](Nc1c(-c2c(F)cc(OCCCCO)cc2F)c(Cl)nc2ncnn12)C(F)(F)F. The average Bonchev–Trinajstić information content (AvgIpc) is 3.14. The van der Waals surface area contributed by atoms with Crippen LogP contribution in [-0.4, -0.2) is 50.1 Å². The number of nitrogens with zero attached hydrogens (tertiary/aromatic N) is 4. The van der Waals surface area contributed by atoms with Crippen LogP contribution in [0, 0.1) is 11.6 Å². The van der Waals surface area contributed by atoms with Gasteiger partial charge in [-0.3, -0.25) is 0 Å². The topological polar surface area (TPSA) is 84.6 Å². The molecule has 13 heteroatoms. The Morgan fingerprint density at radius 2 is 1.87 bits per heavy atom. The minimum atomic E-state index is -4.66. The Balaban J connectivity index is 2.09. The first-order chi connectivity index (χ1) is 14.6. The number of anilines is 1. The summed E-state index contributed by atoms with van der Waals surface area (Å²) >= 11 is 6.10. The van der Waals surface area contributed by atoms with Crippen LogP contribution in [0.3, 0.4) is 0 Å². The van der Waals surface area contributed by atoms with E-state index in [1.807, 2.05) is 0 Å². The van der Waals surface area contributed by atoms with Crippen LogP contribution in [0.25, 0.3) is 16.9 Å². The van der Waals surface area contributed by atoms with E-state index in [0.29, 0.717) is 12.8 Å². The summed E-state index contributed by atoms with van der Waals surface area (Å²) in [5.74, 6) is -2.95. The number of aliphatic hydroxyl groups excluding tert-OH is 1. The zero-order valence-corrected chi connectivity index (χ0v) is 16.8. The molecule has 0 unspecified atom stereocenters. The number of aliphatic hydroxyl groups is 1. The number of unbranched alkanes of at least 4 members (excludes halogenated alkanes) is 1. The van der Waals surface area contributed by atoms with Gasteiger partial charge in [-0.2, -0.15) is 32.8 Å². The summed E-state index contributed by atoms with van der Waals surface area (Å²) in [7, 11) is 0. The lowest BCUT2D eigenvalue weighted by molar-refractivity contribution is -0.138. The number of nitrogens with one attached hydrogen (secondary N) is 1. The van der Waals surface area contributed by atoms with Gasteiger partial charge >= 0.3 is 6.18 Å². The molecule has 0 saturated heterocycles. The predicted octanol–water partition coefficient (Wildman–Crippen LogP) is 4.24. The van der Waals surface area contributed by atoms with Gasteiger partial charge in [0.25, 0.3) is 5.78 Å². The number of fused-ring (bicyclic) bond motifs is 1. The van der Waals surface area contributed by atoms with Gasteiger partial charge in [0, 0.05) is 18.7 Å². The molecular weight excluding hydrogens is 449 g/mol. The van der Waals surface area contributed by atoms with Gasteiger partial charge in [-0.15, -0.1) is 0 Å². The monoisotopic (exact) mass is 465 g/mol. The molecule has 1 atom stereocenters. The summed E-state index contributed by atoms with van der Waals surface area (Å²) in [5.41, 5.74) is -1.15. The third kappa shape index (κ3) is 4.96. The van der Waals surface area contributed by atoms with Crippen molar-refractivity contribution in [2.24, 2.45) is 0 Å². The number of halogens is 6. The molecule has 0 bridgehead atoms. The van der Waals surface area contributed by atoms with Gasteiger partial charge in [-0.05, 0) is 19.8 Å². The maximum Gasteiger partial charge on any atom is 0.408 e. The third-order valence-electron chi connectivity index (χ3n) is 4.31. The number of alkyl halides is 3. The van der Waals surface area contributed by atoms with Crippen LogP contribution in [0.4, 0.5) is 27.8 Å². The summed E-state index contributed by atoms with van der Waals surface area (Å²) in [6, 6.07) is -0.329. The van der Waals surface area contributed by atoms with Crippen LogP contribution >= 0.6 is 11.6 Å². The molecule has 0 saturated carbocycles. The van der Waals surface area contributed by atoms with E-state index in [1.165, 1.54) is 0 Å². The first kappa shape index (κ1) is 22.9. The highest BCUT2D eigenvalue weighted by Gasteiger charge is 2.37. The van der Waals surface area contributed by atoms with Crippen molar-refractivity contribution in [2.45, 2.75) is 32.0 Å². The van der Waals surface area contributed by atoms with Crippen LogP contribution in [0.5, 0.6) is 5.75 Å². The Bertz CT molecular complexity index is 1050. The van der Waals surface area contributed by atoms with Gasteiger partial charge in [0.05, 0.1) is 17.7 Å². The summed E-state index contributed by atoms with van der Waals surface area (Å²) in [6.45, 7) is 0.895. The molecule has 168 valence electrons. The maximum atomic E-state index is 14.9. The fourth-order valence-corrected chi connectivity index (χ4v) is 2.99. The highest BCUT2D eigenvalue weighted by molar-refractivity contribution is 6.33. The van der Waals surface area contributed by atoms with Gasteiger partial charge in [-0.1, -0.05) is 11.6 Å². The Kier molecular flexibility index (Phi) is 6.80. The molecule has 7 nitrogen and oxygen atoms in total. The van der Waals surface area contributed by atoms with Crippen molar-refractivity contribution >= 4 is 23.2 Å². The summed E-state index contributed by atoms with van der Waals surface area (Å²) in [5, 5.41) is 14.2. The van der Waals surface area contributed by atoms with E-state index in [1.54, 1.807) is 0 Å². The Morgan fingerprint density at radius 3 is 2.48 bits per heavy atom. The van der Waals surface area contributed by atoms with Gasteiger partial charge in [0.15, 0.2) is 0 Å². The van der Waals surface area contributed by atoms with Crippen molar-refractivity contribution in [3.63, 3.8) is 0 Å². The van der Waals surface area contributed by atoms with Crippen molar-refractivity contribution in [1.29, 1.82) is 0 Å². The van der Waals surface area contributed by atoms with E-state index in [-0.39, 0.29) is 24.7 Å². The number of ether oxygens (including phenoxy) is 1. The fourth-order valence-electron chi connectivity index (χ4n) is 2.73. The Hall–Kier alpha value is -2.73. The zero-order chi connectivity index (χ0) is 22.8. The van der Waals surface area contributed by atoms with Crippen LogP contribution in [0.1, 0.15) is 19.8 Å². The lowest BCUT2D eigenvalue weighted by Crippen LogP contribution is -2.34. The lowest BCUT2D eigenvalue weighted by Gasteiger charge is -2.21.